The number of hydrogen-bond acceptors (Lipinski definition) is 5. The Morgan fingerprint density at radius 1 is 1.50 bits per heavy atom. The molecule has 5 nitrogen and oxygen atoms in total. The fourth-order valence-electron chi connectivity index (χ4n) is 1.88. The van der Waals surface area contributed by atoms with Crippen LogP contribution in [0.25, 0.3) is 20.7 Å². The molecule has 3 heterocycles. The molecule has 102 valence electrons. The summed E-state index contributed by atoms with van der Waals surface area (Å²) in [7, 11) is 0. The van der Waals surface area contributed by atoms with Crippen molar-refractivity contribution >= 4 is 21.6 Å². The number of rotatable bonds is 2. The Labute approximate surface area is 117 Å². The van der Waals surface area contributed by atoms with Gasteiger partial charge in [0.15, 0.2) is 0 Å². The first kappa shape index (κ1) is 12.9. The van der Waals surface area contributed by atoms with Gasteiger partial charge in [0.25, 0.3) is 5.56 Å². The maximum absolute atomic E-state index is 13.7. The smallest absolute Gasteiger partial charge is 0.268 e. The van der Waals surface area contributed by atoms with E-state index in [1.54, 1.807) is 19.1 Å². The molecule has 20 heavy (non-hydrogen) atoms. The van der Waals surface area contributed by atoms with Crippen LogP contribution in [0, 0.1) is 5.82 Å². The van der Waals surface area contributed by atoms with Gasteiger partial charge in [0.05, 0.1) is 17.8 Å². The summed E-state index contributed by atoms with van der Waals surface area (Å²) in [4.78, 5) is 23.3. The van der Waals surface area contributed by atoms with Crippen molar-refractivity contribution < 1.29 is 4.39 Å². The molecule has 0 aliphatic carbocycles. The number of halogens is 1. The molecule has 3 N–H and O–H groups in total. The molecule has 1 atom stereocenters. The summed E-state index contributed by atoms with van der Waals surface area (Å²) in [6, 6.07) is 2.90. The minimum atomic E-state index is -0.428. The first-order chi connectivity index (χ1) is 9.56. The largest absolute Gasteiger partial charge is 0.322 e. The Hall–Kier alpha value is -2.12. The topological polar surface area (TPSA) is 84.7 Å². The molecule has 7 heteroatoms. The van der Waals surface area contributed by atoms with Crippen LogP contribution in [0.3, 0.4) is 0 Å². The predicted molar refractivity (Wildman–Crippen MR) is 76.0 cm³/mol. The molecule has 0 spiro atoms. The fourth-order valence-corrected chi connectivity index (χ4v) is 2.90. The second-order valence-electron chi connectivity index (χ2n) is 4.42. The summed E-state index contributed by atoms with van der Waals surface area (Å²) in [5.41, 5.74) is 6.39. The van der Waals surface area contributed by atoms with E-state index in [9.17, 15) is 9.18 Å². The van der Waals surface area contributed by atoms with Gasteiger partial charge in [-0.25, -0.2) is 9.37 Å². The molecule has 0 amide bonds. The number of nitrogens with one attached hydrogen (secondary N) is 1. The van der Waals surface area contributed by atoms with E-state index in [2.05, 4.69) is 15.0 Å². The normalized spacial score (nSPS) is 12.8. The SMILES string of the molecule is C[C@H](N)c1nc2cc(-c3ccncc3F)sc2c(=O)[nH]1. The summed E-state index contributed by atoms with van der Waals surface area (Å²) in [6.45, 7) is 1.74. The van der Waals surface area contributed by atoms with Gasteiger partial charge in [-0.05, 0) is 19.1 Å². The number of nitrogens with two attached hydrogens (primary N) is 1. The zero-order chi connectivity index (χ0) is 14.3. The molecule has 0 aromatic carbocycles. The average Bonchev–Trinajstić information content (AvgIpc) is 2.83. The van der Waals surface area contributed by atoms with E-state index >= 15 is 0 Å². The van der Waals surface area contributed by atoms with Crippen molar-refractivity contribution in [2.24, 2.45) is 5.73 Å². The quantitative estimate of drug-likeness (QED) is 0.757. The number of aromatic nitrogens is 3. The number of fused-ring (bicyclic) bond motifs is 1. The van der Waals surface area contributed by atoms with Crippen molar-refractivity contribution in [1.29, 1.82) is 0 Å². The molecule has 3 aromatic heterocycles. The van der Waals surface area contributed by atoms with Crippen molar-refractivity contribution in [1.82, 2.24) is 15.0 Å². The zero-order valence-electron chi connectivity index (χ0n) is 10.6. The third-order valence-electron chi connectivity index (χ3n) is 2.87. The van der Waals surface area contributed by atoms with E-state index in [0.29, 0.717) is 26.5 Å². The fraction of sp³-hybridized carbons (Fsp3) is 0.154. The molecule has 3 rings (SSSR count). The van der Waals surface area contributed by atoms with Crippen LogP contribution in [0.1, 0.15) is 18.8 Å². The number of H-pyrrole nitrogens is 1. The number of thiophene rings is 1. The Bertz CT molecular complexity index is 840. The molecular weight excluding hydrogens is 279 g/mol. The molecule has 0 fully saturated rings. The highest BCUT2D eigenvalue weighted by atomic mass is 32.1. The van der Waals surface area contributed by atoms with Crippen LogP contribution >= 0.6 is 11.3 Å². The van der Waals surface area contributed by atoms with Gasteiger partial charge in [-0.1, -0.05) is 0 Å². The standard InChI is InChI=1S/C13H11FN4OS/c1-6(15)12-17-9-4-10(20-11(9)13(19)18-12)7-2-3-16-5-8(7)14/h2-6H,15H2,1H3,(H,17,18,19)/t6-/m0/s1. The highest BCUT2D eigenvalue weighted by Gasteiger charge is 2.13. The minimum absolute atomic E-state index is 0.256. The first-order valence-electron chi connectivity index (χ1n) is 5.95. The summed E-state index contributed by atoms with van der Waals surface area (Å²) < 4.78 is 14.2. The van der Waals surface area contributed by atoms with E-state index in [1.165, 1.54) is 17.5 Å². The van der Waals surface area contributed by atoms with Crippen LogP contribution < -0.4 is 11.3 Å². The van der Waals surface area contributed by atoms with Gasteiger partial charge in [-0.15, -0.1) is 11.3 Å². The minimum Gasteiger partial charge on any atom is -0.322 e. The van der Waals surface area contributed by atoms with Crippen LogP contribution in [-0.2, 0) is 0 Å². The summed E-state index contributed by atoms with van der Waals surface area (Å²) in [5, 5.41) is 0. The lowest BCUT2D eigenvalue weighted by Crippen LogP contribution is -2.16. The molecular formula is C13H11FN4OS. The van der Waals surface area contributed by atoms with Crippen LogP contribution in [-0.4, -0.2) is 15.0 Å². The van der Waals surface area contributed by atoms with Crippen molar-refractivity contribution in [3.05, 3.63) is 46.5 Å². The lowest BCUT2D eigenvalue weighted by Gasteiger charge is -2.02. The molecule has 0 saturated heterocycles. The Kier molecular flexibility index (Phi) is 3.07. The molecule has 0 unspecified atom stereocenters. The number of nitrogens with zero attached hydrogens (tertiary/aromatic N) is 2. The van der Waals surface area contributed by atoms with E-state index in [1.807, 2.05) is 0 Å². The molecule has 0 radical (unpaired) electrons. The number of hydrogen-bond donors (Lipinski definition) is 2. The Balaban J connectivity index is 2.24. The second kappa shape index (κ2) is 4.77. The van der Waals surface area contributed by atoms with E-state index in [0.717, 1.165) is 6.20 Å². The lowest BCUT2D eigenvalue weighted by atomic mass is 10.2. The van der Waals surface area contributed by atoms with Crippen molar-refractivity contribution in [2.45, 2.75) is 13.0 Å². The second-order valence-corrected chi connectivity index (χ2v) is 5.47. The van der Waals surface area contributed by atoms with E-state index in [4.69, 9.17) is 5.73 Å². The van der Waals surface area contributed by atoms with Crippen LogP contribution in [0.4, 0.5) is 4.39 Å². The third kappa shape index (κ3) is 2.10. The van der Waals surface area contributed by atoms with Crippen molar-refractivity contribution in [3.8, 4) is 10.4 Å². The molecule has 3 aromatic rings. The first-order valence-corrected chi connectivity index (χ1v) is 6.77. The Morgan fingerprint density at radius 2 is 2.30 bits per heavy atom. The van der Waals surface area contributed by atoms with E-state index < -0.39 is 5.82 Å². The maximum atomic E-state index is 13.7. The molecule has 0 aliphatic heterocycles. The van der Waals surface area contributed by atoms with E-state index in [-0.39, 0.29) is 11.6 Å². The van der Waals surface area contributed by atoms with Gasteiger partial charge in [0.2, 0.25) is 0 Å². The van der Waals surface area contributed by atoms with Crippen molar-refractivity contribution in [3.63, 3.8) is 0 Å². The van der Waals surface area contributed by atoms with Crippen molar-refractivity contribution in [2.75, 3.05) is 0 Å². The van der Waals surface area contributed by atoms with Gasteiger partial charge in [-0.2, -0.15) is 0 Å². The van der Waals surface area contributed by atoms with Crippen LogP contribution in [0.2, 0.25) is 0 Å². The van der Waals surface area contributed by atoms with Gasteiger partial charge >= 0.3 is 0 Å². The summed E-state index contributed by atoms with van der Waals surface area (Å²) in [6.07, 6.45) is 2.65. The van der Waals surface area contributed by atoms with Gasteiger partial charge in [0, 0.05) is 16.6 Å². The molecule has 0 aliphatic rings. The molecule has 0 saturated carbocycles. The third-order valence-corrected chi connectivity index (χ3v) is 4.03. The Morgan fingerprint density at radius 3 is 3.00 bits per heavy atom. The highest BCUT2D eigenvalue weighted by molar-refractivity contribution is 7.22. The lowest BCUT2D eigenvalue weighted by molar-refractivity contribution is 0.625. The van der Waals surface area contributed by atoms with Gasteiger partial charge in [-0.3, -0.25) is 9.78 Å². The predicted octanol–water partition coefficient (Wildman–Crippen LogP) is 2.21. The van der Waals surface area contributed by atoms with Crippen LogP contribution in [0.15, 0.2) is 29.3 Å². The van der Waals surface area contributed by atoms with Gasteiger partial charge in [0.1, 0.15) is 16.3 Å². The summed E-state index contributed by atoms with van der Waals surface area (Å²) in [5.74, 6) is -0.00930. The van der Waals surface area contributed by atoms with Gasteiger partial charge < -0.3 is 10.7 Å². The average molecular weight is 290 g/mol. The summed E-state index contributed by atoms with van der Waals surface area (Å²) >= 11 is 1.20. The molecule has 0 bridgehead atoms. The highest BCUT2D eigenvalue weighted by Crippen LogP contribution is 2.32. The number of pyridine rings is 1. The number of aromatic amines is 1. The monoisotopic (exact) mass is 290 g/mol. The zero-order valence-corrected chi connectivity index (χ0v) is 11.4. The maximum Gasteiger partial charge on any atom is 0.268 e. The van der Waals surface area contributed by atoms with Crippen LogP contribution in [0.5, 0.6) is 0 Å².